The van der Waals surface area contributed by atoms with Gasteiger partial charge in [-0.1, -0.05) is 36.4 Å². The van der Waals surface area contributed by atoms with Gasteiger partial charge in [-0.2, -0.15) is 0 Å². The number of hydrogen-bond donors (Lipinski definition) is 4. The Morgan fingerprint density at radius 2 is 1.73 bits per heavy atom. The molecule has 1 amide bonds. The van der Waals surface area contributed by atoms with Crippen molar-refractivity contribution in [1.82, 2.24) is 5.32 Å². The van der Waals surface area contributed by atoms with Crippen molar-refractivity contribution in [3.05, 3.63) is 70.3 Å². The van der Waals surface area contributed by atoms with Crippen LogP contribution in [-0.4, -0.2) is 77.9 Å². The first-order chi connectivity index (χ1) is 15.7. The summed E-state index contributed by atoms with van der Waals surface area (Å²) >= 11 is 0. The molecule has 0 spiro atoms. The van der Waals surface area contributed by atoms with Crippen LogP contribution in [0.2, 0.25) is 0 Å². The average Bonchev–Trinajstić information content (AvgIpc) is 2.76. The minimum Gasteiger partial charge on any atom is -0.478 e. The molecule has 1 fully saturated rings. The maximum absolute atomic E-state index is 12.6. The van der Waals surface area contributed by atoms with Gasteiger partial charge in [0.05, 0.1) is 38.2 Å². The second-order valence-electron chi connectivity index (χ2n) is 9.02. The molecule has 2 aromatic carbocycles. The van der Waals surface area contributed by atoms with Gasteiger partial charge in [0.25, 0.3) is 0 Å². The minimum absolute atomic E-state index is 0.107. The number of nitrogens with one attached hydrogen (secondary N) is 1. The van der Waals surface area contributed by atoms with Gasteiger partial charge in [0.2, 0.25) is 5.91 Å². The van der Waals surface area contributed by atoms with Crippen molar-refractivity contribution in [1.29, 1.82) is 0 Å². The molecule has 0 bridgehead atoms. The summed E-state index contributed by atoms with van der Waals surface area (Å²) in [6, 6.07) is 12.7. The van der Waals surface area contributed by atoms with Crippen molar-refractivity contribution >= 4 is 19.0 Å². The molecule has 33 heavy (non-hydrogen) atoms. The maximum Gasteiger partial charge on any atom is 0.475 e. The molecule has 0 aromatic heterocycles. The first-order valence-electron chi connectivity index (χ1n) is 11.1. The molecule has 2 aromatic rings. The number of quaternary nitrogens is 1. The maximum atomic E-state index is 12.6. The van der Waals surface area contributed by atoms with Crippen LogP contribution in [0.15, 0.2) is 42.5 Å². The van der Waals surface area contributed by atoms with Gasteiger partial charge in [-0.25, -0.2) is 4.79 Å². The van der Waals surface area contributed by atoms with Crippen molar-refractivity contribution in [2.24, 2.45) is 0 Å². The third-order valence-corrected chi connectivity index (χ3v) is 6.33. The Morgan fingerprint density at radius 3 is 2.33 bits per heavy atom. The third kappa shape index (κ3) is 6.88. The van der Waals surface area contributed by atoms with Crippen LogP contribution in [0, 0.1) is 6.92 Å². The van der Waals surface area contributed by atoms with Crippen LogP contribution in [0.3, 0.4) is 0 Å². The van der Waals surface area contributed by atoms with Crippen LogP contribution in [0.25, 0.3) is 0 Å². The van der Waals surface area contributed by atoms with E-state index in [1.54, 1.807) is 19.1 Å². The zero-order chi connectivity index (χ0) is 24.0. The standard InChI is InChI=1S/C24H31BN2O6/c1-17-20(4-3-5-21(17)24(29)30)15-22(25(31)32)26-23(28)14-18-6-8-19(9-7-18)16-27(2)10-12-33-13-11-27/h3-9,22,31-32H,10-16H2,1-2H3,(H-,26,28,29,30)/p+1/t22-/m0/s1. The van der Waals surface area contributed by atoms with Crippen LogP contribution >= 0.6 is 0 Å². The molecule has 0 saturated carbocycles. The molecule has 176 valence electrons. The molecule has 4 N–H and O–H groups in total. The summed E-state index contributed by atoms with van der Waals surface area (Å²) in [5, 5.41) is 31.5. The quantitative estimate of drug-likeness (QED) is 0.331. The third-order valence-electron chi connectivity index (χ3n) is 6.33. The highest BCUT2D eigenvalue weighted by molar-refractivity contribution is 6.43. The summed E-state index contributed by atoms with van der Waals surface area (Å²) in [6.07, 6.45) is 0.215. The number of carbonyl (C=O) groups is 2. The molecule has 0 aliphatic carbocycles. The number of carbonyl (C=O) groups excluding carboxylic acids is 1. The fraction of sp³-hybridized carbons (Fsp3) is 0.417. The SMILES string of the molecule is Cc1c(C[C@H](NC(=O)Cc2ccc(C[N+]3(C)CCOCC3)cc2)B(O)O)cccc1C(=O)O. The van der Waals surface area contributed by atoms with E-state index in [0.29, 0.717) is 11.1 Å². The molecule has 1 aliphatic rings. The van der Waals surface area contributed by atoms with Crippen LogP contribution in [0.1, 0.15) is 32.6 Å². The van der Waals surface area contributed by atoms with Crippen LogP contribution in [0.4, 0.5) is 0 Å². The lowest BCUT2D eigenvalue weighted by Gasteiger charge is -2.37. The average molecular weight is 455 g/mol. The molecule has 1 saturated heterocycles. The number of morpholine rings is 1. The lowest BCUT2D eigenvalue weighted by molar-refractivity contribution is -0.929. The van der Waals surface area contributed by atoms with Crippen molar-refractivity contribution in [2.45, 2.75) is 32.3 Å². The van der Waals surface area contributed by atoms with Crippen molar-refractivity contribution in [3.63, 3.8) is 0 Å². The Labute approximate surface area is 194 Å². The van der Waals surface area contributed by atoms with E-state index < -0.39 is 19.0 Å². The number of rotatable bonds is 9. The van der Waals surface area contributed by atoms with E-state index in [2.05, 4.69) is 12.4 Å². The molecular formula is C24H32BN2O6+. The van der Waals surface area contributed by atoms with Crippen LogP contribution in [-0.2, 0) is 28.9 Å². The van der Waals surface area contributed by atoms with Gasteiger partial charge in [0, 0.05) is 5.56 Å². The molecular weight excluding hydrogens is 423 g/mol. The number of benzene rings is 2. The minimum atomic E-state index is -1.78. The monoisotopic (exact) mass is 455 g/mol. The van der Waals surface area contributed by atoms with E-state index in [1.807, 2.05) is 24.3 Å². The summed E-state index contributed by atoms with van der Waals surface area (Å²) in [5.74, 6) is -2.34. The molecule has 9 heteroatoms. The first kappa shape index (κ1) is 24.9. The van der Waals surface area contributed by atoms with Gasteiger partial charge < -0.3 is 29.7 Å². The van der Waals surface area contributed by atoms with E-state index in [9.17, 15) is 24.7 Å². The second kappa shape index (κ2) is 10.9. The second-order valence-corrected chi connectivity index (χ2v) is 9.02. The molecule has 0 unspecified atom stereocenters. The van der Waals surface area contributed by atoms with E-state index in [0.717, 1.165) is 42.9 Å². The van der Waals surface area contributed by atoms with Gasteiger partial charge in [-0.15, -0.1) is 0 Å². The number of nitrogens with zero attached hydrogens (tertiary/aromatic N) is 1. The van der Waals surface area contributed by atoms with E-state index >= 15 is 0 Å². The van der Waals surface area contributed by atoms with Crippen LogP contribution < -0.4 is 5.32 Å². The number of carboxylic acids is 1. The van der Waals surface area contributed by atoms with Crippen molar-refractivity contribution < 1.29 is 34.0 Å². The lowest BCUT2D eigenvalue weighted by atomic mass is 9.75. The van der Waals surface area contributed by atoms with Gasteiger partial charge in [-0.05, 0) is 36.1 Å². The zero-order valence-electron chi connectivity index (χ0n) is 19.2. The topological polar surface area (TPSA) is 116 Å². The molecule has 1 aliphatic heterocycles. The largest absolute Gasteiger partial charge is 0.478 e. The highest BCUT2D eigenvalue weighted by atomic mass is 16.5. The predicted octanol–water partition coefficient (Wildman–Crippen LogP) is 0.952. The predicted molar refractivity (Wildman–Crippen MR) is 125 cm³/mol. The number of likely N-dealkylation sites (N-methyl/N-ethyl adjacent to an activating group) is 1. The number of amides is 1. The Balaban J connectivity index is 1.60. The summed E-state index contributed by atoms with van der Waals surface area (Å²) in [5.41, 5.74) is 3.35. The molecule has 3 rings (SSSR count). The Morgan fingerprint density at radius 1 is 1.09 bits per heavy atom. The molecule has 0 radical (unpaired) electrons. The van der Waals surface area contributed by atoms with E-state index in [4.69, 9.17) is 4.74 Å². The van der Waals surface area contributed by atoms with Gasteiger partial charge in [0.1, 0.15) is 19.6 Å². The normalized spacial score (nSPS) is 16.1. The highest BCUT2D eigenvalue weighted by Gasteiger charge is 2.27. The van der Waals surface area contributed by atoms with Crippen LogP contribution in [0.5, 0.6) is 0 Å². The number of ether oxygens (including phenoxy) is 1. The summed E-state index contributed by atoms with van der Waals surface area (Å²) in [4.78, 5) is 23.9. The lowest BCUT2D eigenvalue weighted by Crippen LogP contribution is -2.51. The fourth-order valence-corrected chi connectivity index (χ4v) is 4.19. The van der Waals surface area contributed by atoms with Crippen molar-refractivity contribution in [2.75, 3.05) is 33.4 Å². The summed E-state index contributed by atoms with van der Waals surface area (Å²) in [6.45, 7) is 6.07. The van der Waals surface area contributed by atoms with Gasteiger partial charge >= 0.3 is 13.1 Å². The Kier molecular flexibility index (Phi) is 8.26. The number of aromatic carboxylic acids is 1. The fourth-order valence-electron chi connectivity index (χ4n) is 4.19. The Hall–Kier alpha value is -2.72. The number of hydrogen-bond acceptors (Lipinski definition) is 5. The smallest absolute Gasteiger partial charge is 0.475 e. The summed E-state index contributed by atoms with van der Waals surface area (Å²) < 4.78 is 6.38. The molecule has 1 heterocycles. The summed E-state index contributed by atoms with van der Waals surface area (Å²) in [7, 11) is 0.445. The Bertz CT molecular complexity index is 973. The first-order valence-corrected chi connectivity index (χ1v) is 11.1. The zero-order valence-corrected chi connectivity index (χ0v) is 19.2. The molecule has 1 atom stereocenters. The highest BCUT2D eigenvalue weighted by Crippen LogP contribution is 2.17. The number of carboxylic acid groups (broad SMARTS) is 1. The van der Waals surface area contributed by atoms with Gasteiger partial charge in [-0.3, -0.25) is 4.79 Å². The van der Waals surface area contributed by atoms with Gasteiger partial charge in [0.15, 0.2) is 0 Å². The van der Waals surface area contributed by atoms with E-state index in [1.165, 1.54) is 11.6 Å². The molecule has 8 nitrogen and oxygen atoms in total. The van der Waals surface area contributed by atoms with E-state index in [-0.39, 0.29) is 24.3 Å². The van der Waals surface area contributed by atoms with Crippen molar-refractivity contribution in [3.8, 4) is 0 Å².